The van der Waals surface area contributed by atoms with E-state index in [0.717, 1.165) is 5.52 Å². The summed E-state index contributed by atoms with van der Waals surface area (Å²) in [4.78, 5) is 3.87. The molecule has 0 bridgehead atoms. The molecule has 0 aromatic carbocycles. The summed E-state index contributed by atoms with van der Waals surface area (Å²) in [7, 11) is -3.02. The molecule has 0 saturated heterocycles. The van der Waals surface area contributed by atoms with Gasteiger partial charge in [0.1, 0.15) is 6.33 Å². The fourth-order valence-corrected chi connectivity index (χ4v) is 1.92. The van der Waals surface area contributed by atoms with Crippen LogP contribution in [-0.4, -0.2) is 29.3 Å². The van der Waals surface area contributed by atoms with Crippen LogP contribution in [0.3, 0.4) is 0 Å². The summed E-state index contributed by atoms with van der Waals surface area (Å²) in [6.07, 6.45) is 4.37. The maximum atomic E-state index is 11.0. The maximum absolute atomic E-state index is 11.0. The minimum atomic E-state index is -3.02. The zero-order chi connectivity index (χ0) is 10.2. The number of nitrogens with zero attached hydrogens (tertiary/aromatic N) is 3. The Morgan fingerprint density at radius 3 is 2.93 bits per heavy atom. The first-order valence-corrected chi connectivity index (χ1v) is 6.07. The van der Waals surface area contributed by atoms with E-state index in [9.17, 15) is 8.42 Å². The first-order chi connectivity index (χ1) is 6.54. The largest absolute Gasteiger partial charge is 0.245 e. The van der Waals surface area contributed by atoms with Crippen LogP contribution in [0.2, 0.25) is 0 Å². The molecular weight excluding hydrogens is 202 g/mol. The van der Waals surface area contributed by atoms with Gasteiger partial charge in [-0.05, 0) is 12.1 Å². The monoisotopic (exact) mass is 211 g/mol. The minimum absolute atomic E-state index is 0.0331. The number of hydrogen-bond donors (Lipinski definition) is 0. The summed E-state index contributed by atoms with van der Waals surface area (Å²) in [5.74, 6) is -0.0331. The lowest BCUT2D eigenvalue weighted by Crippen LogP contribution is -2.01. The van der Waals surface area contributed by atoms with Crippen LogP contribution >= 0.6 is 0 Å². The Labute approximate surface area is 81.3 Å². The number of hydrogen-bond acceptors (Lipinski definition) is 4. The fourth-order valence-electron chi connectivity index (χ4n) is 1.24. The molecule has 0 fully saturated rings. The number of aromatic nitrogens is 3. The van der Waals surface area contributed by atoms with Crippen molar-refractivity contribution >= 4 is 15.4 Å². The van der Waals surface area contributed by atoms with Crippen LogP contribution < -0.4 is 0 Å². The molecule has 2 aromatic rings. The Bertz CT molecular complexity index is 526. The van der Waals surface area contributed by atoms with Gasteiger partial charge >= 0.3 is 0 Å². The number of sulfone groups is 1. The highest BCUT2D eigenvalue weighted by Gasteiger charge is 2.08. The van der Waals surface area contributed by atoms with Crippen LogP contribution in [0.5, 0.6) is 0 Å². The van der Waals surface area contributed by atoms with Crippen molar-refractivity contribution < 1.29 is 8.42 Å². The molecule has 0 unspecified atom stereocenters. The second-order valence-electron chi connectivity index (χ2n) is 3.16. The van der Waals surface area contributed by atoms with E-state index in [2.05, 4.69) is 10.1 Å². The lowest BCUT2D eigenvalue weighted by Gasteiger charge is -1.90. The van der Waals surface area contributed by atoms with Crippen molar-refractivity contribution in [2.75, 3.05) is 6.26 Å². The Balaban J connectivity index is 2.46. The number of fused-ring (bicyclic) bond motifs is 1. The normalized spacial score (nSPS) is 12.1. The van der Waals surface area contributed by atoms with Crippen molar-refractivity contribution in [1.29, 1.82) is 0 Å². The first-order valence-electron chi connectivity index (χ1n) is 4.00. The third-order valence-corrected chi connectivity index (χ3v) is 2.55. The lowest BCUT2D eigenvalue weighted by atomic mass is 10.4. The molecule has 0 saturated carbocycles. The molecular formula is C8H9N3O2S. The summed E-state index contributed by atoms with van der Waals surface area (Å²) >= 11 is 0. The molecule has 0 N–H and O–H groups in total. The van der Waals surface area contributed by atoms with E-state index in [1.54, 1.807) is 29.2 Å². The van der Waals surface area contributed by atoms with Gasteiger partial charge in [-0.3, -0.25) is 0 Å². The van der Waals surface area contributed by atoms with Gasteiger partial charge in [-0.1, -0.05) is 0 Å². The topological polar surface area (TPSA) is 64.3 Å². The average Bonchev–Trinajstić information content (AvgIpc) is 2.42. The van der Waals surface area contributed by atoms with E-state index < -0.39 is 9.84 Å². The Morgan fingerprint density at radius 2 is 2.29 bits per heavy atom. The quantitative estimate of drug-likeness (QED) is 0.715. The van der Waals surface area contributed by atoms with Crippen molar-refractivity contribution in [2.45, 2.75) is 5.75 Å². The highest BCUT2D eigenvalue weighted by atomic mass is 32.2. The molecule has 0 aliphatic heterocycles. The van der Waals surface area contributed by atoms with Crippen molar-refractivity contribution in [2.24, 2.45) is 0 Å². The second-order valence-corrected chi connectivity index (χ2v) is 5.30. The molecule has 2 rings (SSSR count). The van der Waals surface area contributed by atoms with Crippen molar-refractivity contribution in [3.05, 3.63) is 30.4 Å². The molecule has 5 nitrogen and oxygen atoms in total. The third kappa shape index (κ3) is 1.90. The Kier molecular flexibility index (Phi) is 1.99. The molecule has 14 heavy (non-hydrogen) atoms. The van der Waals surface area contributed by atoms with Crippen molar-refractivity contribution in [3.8, 4) is 0 Å². The van der Waals surface area contributed by atoms with E-state index in [1.807, 2.05) is 0 Å². The van der Waals surface area contributed by atoms with Crippen LogP contribution in [0.4, 0.5) is 0 Å². The average molecular weight is 211 g/mol. The minimum Gasteiger partial charge on any atom is -0.245 e. The number of rotatable bonds is 2. The van der Waals surface area contributed by atoms with Crippen molar-refractivity contribution in [1.82, 2.24) is 14.6 Å². The Hall–Kier alpha value is -1.43. The first kappa shape index (κ1) is 9.14. The molecule has 6 heteroatoms. The highest BCUT2D eigenvalue weighted by Crippen LogP contribution is 2.07. The predicted molar refractivity (Wildman–Crippen MR) is 51.5 cm³/mol. The van der Waals surface area contributed by atoms with Crippen LogP contribution in [0.15, 0.2) is 24.7 Å². The van der Waals surface area contributed by atoms with Gasteiger partial charge in [-0.25, -0.2) is 17.9 Å². The zero-order valence-electron chi connectivity index (χ0n) is 7.58. The van der Waals surface area contributed by atoms with Gasteiger partial charge in [-0.15, -0.1) is 0 Å². The van der Waals surface area contributed by atoms with Gasteiger partial charge in [0.2, 0.25) is 0 Å². The molecule has 0 spiro atoms. The summed E-state index contributed by atoms with van der Waals surface area (Å²) in [6, 6.07) is 3.52. The van der Waals surface area contributed by atoms with E-state index in [0.29, 0.717) is 5.69 Å². The van der Waals surface area contributed by atoms with Gasteiger partial charge < -0.3 is 0 Å². The summed E-state index contributed by atoms with van der Waals surface area (Å²) in [5, 5.41) is 4.07. The van der Waals surface area contributed by atoms with E-state index in [-0.39, 0.29) is 5.75 Å². The van der Waals surface area contributed by atoms with Crippen LogP contribution in [0, 0.1) is 0 Å². The molecule has 2 heterocycles. The zero-order valence-corrected chi connectivity index (χ0v) is 8.40. The molecule has 74 valence electrons. The SMILES string of the molecule is CS(=O)(=O)Cc1cc2ccncn2n1. The second kappa shape index (κ2) is 3.06. The van der Waals surface area contributed by atoms with Crippen LogP contribution in [0.1, 0.15) is 5.69 Å². The molecule has 0 radical (unpaired) electrons. The summed E-state index contributed by atoms with van der Waals surface area (Å²) in [5.41, 5.74) is 1.39. The summed E-state index contributed by atoms with van der Waals surface area (Å²) < 4.78 is 23.6. The van der Waals surface area contributed by atoms with Gasteiger partial charge in [0, 0.05) is 12.5 Å². The smallest absolute Gasteiger partial charge is 0.153 e. The van der Waals surface area contributed by atoms with E-state index >= 15 is 0 Å². The summed E-state index contributed by atoms with van der Waals surface area (Å²) in [6.45, 7) is 0. The molecule has 0 atom stereocenters. The Morgan fingerprint density at radius 1 is 1.50 bits per heavy atom. The van der Waals surface area contributed by atoms with Gasteiger partial charge in [-0.2, -0.15) is 5.10 Å². The molecule has 0 aliphatic rings. The van der Waals surface area contributed by atoms with Crippen molar-refractivity contribution in [3.63, 3.8) is 0 Å². The molecule has 2 aromatic heterocycles. The van der Waals surface area contributed by atoms with Gasteiger partial charge in [0.15, 0.2) is 9.84 Å². The lowest BCUT2D eigenvalue weighted by molar-refractivity contribution is 0.600. The molecule has 0 amide bonds. The molecule has 0 aliphatic carbocycles. The van der Waals surface area contributed by atoms with Crippen LogP contribution in [-0.2, 0) is 15.6 Å². The maximum Gasteiger partial charge on any atom is 0.153 e. The van der Waals surface area contributed by atoms with E-state index in [1.165, 1.54) is 6.26 Å². The standard InChI is InChI=1S/C8H9N3O2S/c1-14(12,13)5-7-4-8-2-3-9-6-11(8)10-7/h2-4,6H,5H2,1H3. The predicted octanol–water partition coefficient (Wildman–Crippen LogP) is 0.274. The fraction of sp³-hybridized carbons (Fsp3) is 0.250. The van der Waals surface area contributed by atoms with Gasteiger partial charge in [0.05, 0.1) is 17.0 Å². The highest BCUT2D eigenvalue weighted by molar-refractivity contribution is 7.89. The van der Waals surface area contributed by atoms with E-state index in [4.69, 9.17) is 0 Å². The van der Waals surface area contributed by atoms with Gasteiger partial charge in [0.25, 0.3) is 0 Å². The van der Waals surface area contributed by atoms with Crippen LogP contribution in [0.25, 0.3) is 5.52 Å². The third-order valence-electron chi connectivity index (χ3n) is 1.73.